The lowest BCUT2D eigenvalue weighted by Gasteiger charge is -2.10. The normalized spacial score (nSPS) is 14.2. The molecule has 0 saturated carbocycles. The maximum absolute atomic E-state index is 11.1. The number of hydrogen-bond donors (Lipinski definition) is 5. The third-order valence-electron chi connectivity index (χ3n) is 2.09. The molecule has 16 heavy (non-hydrogen) atoms. The Balaban J connectivity index is 3.47. The summed E-state index contributed by atoms with van der Waals surface area (Å²) in [7, 11) is 0. The van der Waals surface area contributed by atoms with E-state index in [0.717, 1.165) is 0 Å². The summed E-state index contributed by atoms with van der Waals surface area (Å²) in [5, 5.41) is 19.6. The number of carbonyl (C=O) groups excluding carboxylic acids is 1. The highest BCUT2D eigenvalue weighted by Crippen LogP contribution is 1.98. The summed E-state index contributed by atoms with van der Waals surface area (Å²) in [6, 6.07) is -1.75. The van der Waals surface area contributed by atoms with Gasteiger partial charge >= 0.3 is 5.97 Å². The zero-order valence-corrected chi connectivity index (χ0v) is 9.06. The number of nitrogens with two attached hydrogens (primary N) is 2. The fraction of sp³-hybridized carbons (Fsp3) is 0.778. The molecule has 0 aliphatic carbocycles. The molecule has 0 aliphatic rings. The van der Waals surface area contributed by atoms with Crippen LogP contribution in [-0.2, 0) is 9.59 Å². The zero-order valence-electron chi connectivity index (χ0n) is 9.06. The number of carbonyl (C=O) groups is 2. The lowest BCUT2D eigenvalue weighted by atomic mass is 10.1. The van der Waals surface area contributed by atoms with Crippen molar-refractivity contribution in [2.75, 3.05) is 13.2 Å². The van der Waals surface area contributed by atoms with Gasteiger partial charge in [-0.05, 0) is 19.3 Å². The number of unbranched alkanes of at least 4 members (excludes halogenated alkanes) is 1. The molecule has 0 aromatic rings. The van der Waals surface area contributed by atoms with Crippen LogP contribution < -0.4 is 16.8 Å². The van der Waals surface area contributed by atoms with Crippen molar-refractivity contribution in [2.45, 2.75) is 31.3 Å². The van der Waals surface area contributed by atoms with E-state index in [4.69, 9.17) is 21.7 Å². The maximum Gasteiger partial charge on any atom is 0.320 e. The molecule has 0 unspecified atom stereocenters. The van der Waals surface area contributed by atoms with E-state index in [1.54, 1.807) is 0 Å². The van der Waals surface area contributed by atoms with Crippen LogP contribution in [0.15, 0.2) is 0 Å². The molecule has 1 amide bonds. The predicted molar refractivity (Wildman–Crippen MR) is 57.5 cm³/mol. The highest BCUT2D eigenvalue weighted by molar-refractivity contribution is 5.81. The largest absolute Gasteiger partial charge is 0.480 e. The van der Waals surface area contributed by atoms with Gasteiger partial charge in [-0.25, -0.2) is 0 Å². The van der Waals surface area contributed by atoms with E-state index in [0.29, 0.717) is 25.8 Å². The van der Waals surface area contributed by atoms with E-state index in [2.05, 4.69) is 5.32 Å². The lowest BCUT2D eigenvalue weighted by molar-refractivity contribution is -0.138. The van der Waals surface area contributed by atoms with Gasteiger partial charge in [-0.2, -0.15) is 0 Å². The van der Waals surface area contributed by atoms with Gasteiger partial charge in [0.2, 0.25) is 5.91 Å². The lowest BCUT2D eigenvalue weighted by Crippen LogP contribution is -2.43. The summed E-state index contributed by atoms with van der Waals surface area (Å²) in [5.74, 6) is -1.43. The van der Waals surface area contributed by atoms with Gasteiger partial charge in [0.25, 0.3) is 0 Å². The number of aliphatic hydroxyl groups is 1. The molecule has 0 heterocycles. The van der Waals surface area contributed by atoms with Gasteiger partial charge in [0.15, 0.2) is 0 Å². The van der Waals surface area contributed by atoms with Crippen molar-refractivity contribution in [1.82, 2.24) is 5.32 Å². The van der Waals surface area contributed by atoms with E-state index in [1.165, 1.54) is 0 Å². The number of nitrogens with one attached hydrogen (secondary N) is 1. The van der Waals surface area contributed by atoms with E-state index in [9.17, 15) is 9.59 Å². The summed E-state index contributed by atoms with van der Waals surface area (Å²) in [5.41, 5.74) is 10.5. The highest BCUT2D eigenvalue weighted by atomic mass is 16.4. The van der Waals surface area contributed by atoms with Crippen LogP contribution >= 0.6 is 0 Å². The predicted octanol–water partition coefficient (Wildman–Crippen LogP) is -2.00. The van der Waals surface area contributed by atoms with Gasteiger partial charge in [-0.15, -0.1) is 0 Å². The van der Waals surface area contributed by atoms with Crippen LogP contribution in [0, 0.1) is 0 Å². The Bertz CT molecular complexity index is 235. The summed E-state index contributed by atoms with van der Waals surface area (Å²) in [4.78, 5) is 21.4. The minimum Gasteiger partial charge on any atom is -0.480 e. The number of amides is 1. The molecule has 0 rings (SSSR count). The first kappa shape index (κ1) is 14.8. The minimum absolute atomic E-state index is 0.372. The number of carboxylic acids is 1. The van der Waals surface area contributed by atoms with E-state index >= 15 is 0 Å². The molecule has 7 heteroatoms. The molecule has 94 valence electrons. The molecule has 0 radical (unpaired) electrons. The monoisotopic (exact) mass is 233 g/mol. The molecule has 0 spiro atoms. The van der Waals surface area contributed by atoms with Gasteiger partial charge in [0, 0.05) is 6.54 Å². The molecule has 7 nitrogen and oxygen atoms in total. The minimum atomic E-state index is -1.02. The standard InChI is InChI=1S/C9H19N3O4/c10-6(9(15)16)3-1-2-4-12-8(14)7(11)5-13/h6-7,13H,1-5,10-11H2,(H,12,14)(H,15,16)/t6-,7-/m0/s1. The topological polar surface area (TPSA) is 139 Å². The first-order chi connectivity index (χ1) is 7.49. The fourth-order valence-corrected chi connectivity index (χ4v) is 1.04. The first-order valence-corrected chi connectivity index (χ1v) is 5.11. The average molecular weight is 233 g/mol. The van der Waals surface area contributed by atoms with Crippen LogP contribution in [0.4, 0.5) is 0 Å². The summed E-state index contributed by atoms with van der Waals surface area (Å²) in [6.07, 6.45) is 1.62. The number of aliphatic hydroxyl groups excluding tert-OH is 1. The molecule has 0 fully saturated rings. The molecule has 0 aromatic carbocycles. The first-order valence-electron chi connectivity index (χ1n) is 5.11. The van der Waals surface area contributed by atoms with Crippen LogP contribution in [0.2, 0.25) is 0 Å². The molecular weight excluding hydrogens is 214 g/mol. The number of aliphatic carboxylic acids is 1. The van der Waals surface area contributed by atoms with Crippen molar-refractivity contribution in [1.29, 1.82) is 0 Å². The van der Waals surface area contributed by atoms with Crippen LogP contribution in [0.1, 0.15) is 19.3 Å². The summed E-state index contributed by atoms with van der Waals surface area (Å²) in [6.45, 7) is 0.00853. The van der Waals surface area contributed by atoms with Crippen molar-refractivity contribution < 1.29 is 19.8 Å². The summed E-state index contributed by atoms with van der Waals surface area (Å²) >= 11 is 0. The molecule has 0 saturated heterocycles. The number of rotatable bonds is 8. The van der Waals surface area contributed by atoms with E-state index in [1.807, 2.05) is 0 Å². The Morgan fingerprint density at radius 2 is 1.81 bits per heavy atom. The van der Waals surface area contributed by atoms with Crippen LogP contribution in [-0.4, -0.2) is 47.3 Å². The summed E-state index contributed by atoms with van der Waals surface area (Å²) < 4.78 is 0. The van der Waals surface area contributed by atoms with Crippen molar-refractivity contribution in [3.8, 4) is 0 Å². The SMILES string of the molecule is N[C@@H](CCCCNC(=O)[C@@H](N)CO)C(=O)O. The van der Waals surface area contributed by atoms with E-state index in [-0.39, 0.29) is 0 Å². The van der Waals surface area contributed by atoms with E-state index < -0.39 is 30.6 Å². The van der Waals surface area contributed by atoms with Gasteiger partial charge in [0.1, 0.15) is 12.1 Å². The van der Waals surface area contributed by atoms with Gasteiger partial charge in [-0.1, -0.05) is 0 Å². The van der Waals surface area contributed by atoms with Crippen LogP contribution in [0.25, 0.3) is 0 Å². The second-order valence-electron chi connectivity index (χ2n) is 3.52. The van der Waals surface area contributed by atoms with Crippen molar-refractivity contribution >= 4 is 11.9 Å². The second kappa shape index (κ2) is 8.03. The second-order valence-corrected chi connectivity index (χ2v) is 3.52. The molecule has 2 atom stereocenters. The van der Waals surface area contributed by atoms with Gasteiger partial charge in [0.05, 0.1) is 6.61 Å². The Morgan fingerprint density at radius 1 is 1.19 bits per heavy atom. The molecule has 7 N–H and O–H groups in total. The zero-order chi connectivity index (χ0) is 12.6. The van der Waals surface area contributed by atoms with Gasteiger partial charge in [-0.3, -0.25) is 9.59 Å². The quantitative estimate of drug-likeness (QED) is 0.307. The molecule has 0 aliphatic heterocycles. The maximum atomic E-state index is 11.1. The van der Waals surface area contributed by atoms with Gasteiger partial charge < -0.3 is 27.0 Å². The third-order valence-corrected chi connectivity index (χ3v) is 2.09. The molecule has 0 aromatic heterocycles. The molecular formula is C9H19N3O4. The Hall–Kier alpha value is -1.18. The van der Waals surface area contributed by atoms with Crippen molar-refractivity contribution in [2.24, 2.45) is 11.5 Å². The Kier molecular flexibility index (Phi) is 7.44. The average Bonchev–Trinajstić information content (AvgIpc) is 2.26. The van der Waals surface area contributed by atoms with Crippen molar-refractivity contribution in [3.63, 3.8) is 0 Å². The Labute approximate surface area is 93.8 Å². The van der Waals surface area contributed by atoms with Crippen LogP contribution in [0.3, 0.4) is 0 Å². The van der Waals surface area contributed by atoms with Crippen molar-refractivity contribution in [3.05, 3.63) is 0 Å². The molecule has 0 bridgehead atoms. The third kappa shape index (κ3) is 6.33. The number of hydrogen-bond acceptors (Lipinski definition) is 5. The Morgan fingerprint density at radius 3 is 2.31 bits per heavy atom. The fourth-order valence-electron chi connectivity index (χ4n) is 1.04. The number of carboxylic acid groups (broad SMARTS) is 1. The smallest absolute Gasteiger partial charge is 0.320 e. The highest BCUT2D eigenvalue weighted by Gasteiger charge is 2.12. The van der Waals surface area contributed by atoms with Crippen LogP contribution in [0.5, 0.6) is 0 Å².